The van der Waals surface area contributed by atoms with E-state index in [1.165, 1.54) is 12.2 Å². The van der Waals surface area contributed by atoms with E-state index >= 15 is 0 Å². The predicted molar refractivity (Wildman–Crippen MR) is 195 cm³/mol. The number of hydrogen-bond donors (Lipinski definition) is 0. The fourth-order valence-electron chi connectivity index (χ4n) is 5.50. The summed E-state index contributed by atoms with van der Waals surface area (Å²) in [4.78, 5) is 25.9. The summed E-state index contributed by atoms with van der Waals surface area (Å²) in [6.07, 6.45) is 5.73. The second kappa shape index (κ2) is 20.8. The van der Waals surface area contributed by atoms with Crippen molar-refractivity contribution >= 4 is 11.9 Å². The van der Waals surface area contributed by atoms with Gasteiger partial charge in [-0.1, -0.05) is 26.0 Å². The summed E-state index contributed by atoms with van der Waals surface area (Å²) in [5.41, 5.74) is -0.208. The summed E-state index contributed by atoms with van der Waals surface area (Å²) in [6.45, 7) is 23.6. The first-order chi connectivity index (χ1) is 24.5. The zero-order chi connectivity index (χ0) is 38.1. The third-order valence-electron chi connectivity index (χ3n) is 7.13. The fourth-order valence-corrected chi connectivity index (χ4v) is 5.50. The van der Waals surface area contributed by atoms with Crippen LogP contribution in [0.1, 0.15) is 94.2 Å². The van der Waals surface area contributed by atoms with Gasteiger partial charge in [0.15, 0.2) is 23.0 Å². The molecule has 0 bridgehead atoms. The molecule has 0 saturated carbocycles. The van der Waals surface area contributed by atoms with E-state index < -0.39 is 17.4 Å². The molecule has 0 aliphatic heterocycles. The Morgan fingerprint density at radius 2 is 0.627 bits per heavy atom. The first-order valence-electron chi connectivity index (χ1n) is 17.7. The number of ether oxygens (including phenoxy) is 10. The maximum Gasteiger partial charge on any atom is 0.336 e. The van der Waals surface area contributed by atoms with Gasteiger partial charge in [-0.05, 0) is 69.2 Å². The molecule has 0 aromatic heterocycles. The van der Waals surface area contributed by atoms with Gasteiger partial charge in [0.2, 0.25) is 34.5 Å². The summed E-state index contributed by atoms with van der Waals surface area (Å²) >= 11 is 0. The van der Waals surface area contributed by atoms with Crippen molar-refractivity contribution in [3.8, 4) is 57.5 Å². The lowest BCUT2D eigenvalue weighted by Crippen LogP contribution is -2.26. The number of esters is 2. The van der Waals surface area contributed by atoms with Crippen LogP contribution in [0.4, 0.5) is 0 Å². The monoisotopic (exact) mass is 716 g/mol. The molecule has 0 unspecified atom stereocenters. The standard InChI is InChI=1S/C39H56O12/c1-13-23-25(40)50-37-33(46-19-7)29(42-15-3)27(30(43-16-4)34(37)47-20-8)39(11,12)28-31(44-17-5)35(48-21-9)38(51-26(41)24-14-2)36(49-22-10)32(28)45-18-6/h13-14,23-24H,15-22H2,1-12H3. The van der Waals surface area contributed by atoms with E-state index in [0.29, 0.717) is 11.1 Å². The fraction of sp³-hybridized carbons (Fsp3) is 0.538. The van der Waals surface area contributed by atoms with Crippen LogP contribution in [0.15, 0.2) is 24.3 Å². The van der Waals surface area contributed by atoms with Crippen molar-refractivity contribution in [3.05, 3.63) is 35.4 Å². The number of carbonyl (C=O) groups is 2. The summed E-state index contributed by atoms with van der Waals surface area (Å²) < 4.78 is 62.3. The quantitative estimate of drug-likeness (QED) is 0.0663. The molecule has 0 saturated heterocycles. The average molecular weight is 717 g/mol. The van der Waals surface area contributed by atoms with Crippen LogP contribution in [0.2, 0.25) is 0 Å². The minimum atomic E-state index is -1.17. The van der Waals surface area contributed by atoms with Gasteiger partial charge in [0.25, 0.3) is 0 Å². The molecule has 2 aromatic rings. The third-order valence-corrected chi connectivity index (χ3v) is 7.13. The Bertz CT molecular complexity index is 1340. The number of carbonyl (C=O) groups excluding carboxylic acids is 2. The van der Waals surface area contributed by atoms with Crippen molar-refractivity contribution < 1.29 is 57.0 Å². The molecular formula is C39H56O12. The van der Waals surface area contributed by atoms with Crippen molar-refractivity contribution in [2.45, 2.75) is 88.5 Å². The Labute approximate surface area is 302 Å². The summed E-state index contributed by atoms with van der Waals surface area (Å²) in [6, 6.07) is 0. The van der Waals surface area contributed by atoms with Crippen LogP contribution in [0.3, 0.4) is 0 Å². The number of hydrogen-bond acceptors (Lipinski definition) is 12. The van der Waals surface area contributed by atoms with Gasteiger partial charge in [-0.15, -0.1) is 0 Å². The Morgan fingerprint density at radius 3 is 0.824 bits per heavy atom. The molecule has 0 spiro atoms. The molecule has 12 nitrogen and oxygen atoms in total. The Hall–Kier alpha value is -4.74. The van der Waals surface area contributed by atoms with E-state index in [1.54, 1.807) is 26.0 Å². The van der Waals surface area contributed by atoms with Gasteiger partial charge in [0, 0.05) is 17.6 Å². The number of benzene rings is 2. The lowest BCUT2D eigenvalue weighted by Gasteiger charge is -2.36. The highest BCUT2D eigenvalue weighted by Gasteiger charge is 2.45. The van der Waals surface area contributed by atoms with Crippen molar-refractivity contribution in [1.29, 1.82) is 0 Å². The van der Waals surface area contributed by atoms with Gasteiger partial charge < -0.3 is 47.4 Å². The molecule has 12 heteroatoms. The SMILES string of the molecule is CC=CC(=O)Oc1c(OCC)c(OCC)c(C(C)(C)c2c(OCC)c(OCC)c(OC(=O)C=CC)c(OCC)c2OCC)c(OCC)c1OCC. The first-order valence-corrected chi connectivity index (χ1v) is 17.7. The highest BCUT2D eigenvalue weighted by molar-refractivity contribution is 5.88. The zero-order valence-electron chi connectivity index (χ0n) is 32.4. The normalized spacial score (nSPS) is 11.4. The maximum absolute atomic E-state index is 12.9. The molecule has 0 heterocycles. The van der Waals surface area contributed by atoms with Crippen LogP contribution in [0, 0.1) is 0 Å². The minimum absolute atomic E-state index is 0.0135. The van der Waals surface area contributed by atoms with Crippen LogP contribution < -0.4 is 47.4 Å². The van der Waals surface area contributed by atoms with Crippen LogP contribution in [0.25, 0.3) is 0 Å². The minimum Gasteiger partial charge on any atom is -0.489 e. The average Bonchev–Trinajstić information content (AvgIpc) is 3.07. The van der Waals surface area contributed by atoms with E-state index in [0.717, 1.165) is 0 Å². The molecule has 51 heavy (non-hydrogen) atoms. The molecule has 2 aromatic carbocycles. The molecule has 0 atom stereocenters. The van der Waals surface area contributed by atoms with Crippen molar-refractivity contribution in [2.75, 3.05) is 52.9 Å². The zero-order valence-corrected chi connectivity index (χ0v) is 32.4. The molecule has 0 N–H and O–H groups in total. The van der Waals surface area contributed by atoms with Gasteiger partial charge >= 0.3 is 11.9 Å². The lowest BCUT2D eigenvalue weighted by atomic mass is 9.75. The third kappa shape index (κ3) is 9.74. The molecule has 284 valence electrons. The highest BCUT2D eigenvalue weighted by atomic mass is 16.6. The van der Waals surface area contributed by atoms with E-state index in [4.69, 9.17) is 47.4 Å². The summed E-state index contributed by atoms with van der Waals surface area (Å²) in [7, 11) is 0. The highest BCUT2D eigenvalue weighted by Crippen LogP contribution is 2.63. The van der Waals surface area contributed by atoms with Crippen molar-refractivity contribution in [2.24, 2.45) is 0 Å². The van der Waals surface area contributed by atoms with Gasteiger partial charge in [-0.3, -0.25) is 0 Å². The number of allylic oxidation sites excluding steroid dienone is 2. The molecular weight excluding hydrogens is 660 g/mol. The molecule has 0 aliphatic rings. The van der Waals surface area contributed by atoms with Crippen molar-refractivity contribution in [3.63, 3.8) is 0 Å². The van der Waals surface area contributed by atoms with Crippen LogP contribution in [-0.4, -0.2) is 64.8 Å². The van der Waals surface area contributed by atoms with Gasteiger partial charge in [-0.25, -0.2) is 9.59 Å². The molecule has 0 radical (unpaired) electrons. The largest absolute Gasteiger partial charge is 0.489 e. The molecule has 2 rings (SSSR count). The second-order valence-electron chi connectivity index (χ2n) is 11.0. The lowest BCUT2D eigenvalue weighted by molar-refractivity contribution is -0.130. The van der Waals surface area contributed by atoms with Crippen LogP contribution in [-0.2, 0) is 15.0 Å². The van der Waals surface area contributed by atoms with Crippen LogP contribution in [0.5, 0.6) is 57.5 Å². The van der Waals surface area contributed by atoms with Crippen LogP contribution >= 0.6 is 0 Å². The Morgan fingerprint density at radius 1 is 0.412 bits per heavy atom. The van der Waals surface area contributed by atoms with Gasteiger partial charge in [-0.2, -0.15) is 0 Å². The predicted octanol–water partition coefficient (Wildman–Crippen LogP) is 8.17. The summed E-state index contributed by atoms with van der Waals surface area (Å²) in [5, 5.41) is 0. The molecule has 0 fully saturated rings. The maximum atomic E-state index is 12.9. The Kier molecular flexibility index (Phi) is 17.3. The number of rotatable bonds is 22. The van der Waals surface area contributed by atoms with Gasteiger partial charge in [0.1, 0.15) is 0 Å². The van der Waals surface area contributed by atoms with E-state index in [9.17, 15) is 9.59 Å². The smallest absolute Gasteiger partial charge is 0.336 e. The topological polar surface area (TPSA) is 126 Å². The van der Waals surface area contributed by atoms with Crippen molar-refractivity contribution in [1.82, 2.24) is 0 Å². The second-order valence-corrected chi connectivity index (χ2v) is 11.0. The van der Waals surface area contributed by atoms with E-state index in [-0.39, 0.29) is 110 Å². The molecule has 0 amide bonds. The molecule has 0 aliphatic carbocycles. The van der Waals surface area contributed by atoms with E-state index in [2.05, 4.69) is 0 Å². The van der Waals surface area contributed by atoms with E-state index in [1.807, 2.05) is 69.2 Å². The summed E-state index contributed by atoms with van der Waals surface area (Å²) in [5.74, 6) is 0.355. The first kappa shape index (κ1) is 42.4. The Balaban J connectivity index is 3.45. The van der Waals surface area contributed by atoms with Gasteiger partial charge in [0.05, 0.1) is 64.0 Å².